The summed E-state index contributed by atoms with van der Waals surface area (Å²) < 4.78 is 10.7. The van der Waals surface area contributed by atoms with Crippen LogP contribution in [0.3, 0.4) is 0 Å². The van der Waals surface area contributed by atoms with Crippen LogP contribution in [0.25, 0.3) is 0 Å². The molecule has 1 amide bonds. The number of rotatable bonds is 2. The first-order valence-corrected chi connectivity index (χ1v) is 7.97. The molecule has 1 saturated heterocycles. The molecule has 0 unspecified atom stereocenters. The lowest BCUT2D eigenvalue weighted by atomic mass is 10.2. The lowest BCUT2D eigenvalue weighted by Gasteiger charge is -2.27. The maximum absolute atomic E-state index is 12.2. The Morgan fingerprint density at radius 2 is 1.91 bits per heavy atom. The zero-order valence-corrected chi connectivity index (χ0v) is 14.5. The summed E-state index contributed by atoms with van der Waals surface area (Å²) in [6, 6.07) is 5.77. The van der Waals surface area contributed by atoms with Gasteiger partial charge in [-0.3, -0.25) is 0 Å². The number of nitrogens with zero attached hydrogens (tertiary/aromatic N) is 2. The molecule has 6 heteroatoms. The van der Waals surface area contributed by atoms with Crippen LogP contribution in [0.1, 0.15) is 27.2 Å². The Kier molecular flexibility index (Phi) is 5.23. The highest BCUT2D eigenvalue weighted by molar-refractivity contribution is 5.74. The maximum atomic E-state index is 12.2. The molecule has 0 bridgehead atoms. The topological polar surface area (TPSA) is 68.0 Å². The van der Waals surface area contributed by atoms with E-state index in [0.717, 1.165) is 25.2 Å². The number of ether oxygens (including phenoxy) is 2. The van der Waals surface area contributed by atoms with Crippen LogP contribution < -0.4 is 15.4 Å². The number of carbonyl (C=O) groups is 1. The molecule has 1 heterocycles. The van der Waals surface area contributed by atoms with Crippen LogP contribution in [0.4, 0.5) is 16.2 Å². The van der Waals surface area contributed by atoms with Gasteiger partial charge in [0.1, 0.15) is 11.4 Å². The molecule has 6 nitrogen and oxygen atoms in total. The van der Waals surface area contributed by atoms with Crippen molar-refractivity contribution in [2.75, 3.05) is 43.9 Å². The lowest BCUT2D eigenvalue weighted by Crippen LogP contribution is -2.39. The Balaban J connectivity index is 2.06. The molecule has 0 spiro atoms. The van der Waals surface area contributed by atoms with Crippen molar-refractivity contribution in [2.24, 2.45) is 0 Å². The van der Waals surface area contributed by atoms with Crippen molar-refractivity contribution in [1.29, 1.82) is 0 Å². The van der Waals surface area contributed by atoms with Gasteiger partial charge in [-0.2, -0.15) is 0 Å². The normalized spacial score (nSPS) is 16.0. The highest BCUT2D eigenvalue weighted by Gasteiger charge is 2.25. The highest BCUT2D eigenvalue weighted by Crippen LogP contribution is 2.32. The first kappa shape index (κ1) is 17.2. The van der Waals surface area contributed by atoms with Gasteiger partial charge in [0.2, 0.25) is 0 Å². The average Bonchev–Trinajstić information content (AvgIpc) is 2.71. The molecule has 0 radical (unpaired) electrons. The average molecular weight is 321 g/mol. The van der Waals surface area contributed by atoms with Gasteiger partial charge in [-0.1, -0.05) is 6.07 Å². The largest absolute Gasteiger partial charge is 0.495 e. The molecule has 23 heavy (non-hydrogen) atoms. The van der Waals surface area contributed by atoms with E-state index in [4.69, 9.17) is 15.2 Å². The molecular weight excluding hydrogens is 294 g/mol. The number of methoxy groups -OCH3 is 1. The fourth-order valence-corrected chi connectivity index (χ4v) is 2.65. The number of nitrogen functional groups attached to an aromatic ring is 1. The first-order valence-electron chi connectivity index (χ1n) is 7.97. The van der Waals surface area contributed by atoms with Crippen LogP contribution in [0.5, 0.6) is 5.75 Å². The number of para-hydroxylation sites is 1. The van der Waals surface area contributed by atoms with Gasteiger partial charge in [0.15, 0.2) is 0 Å². The summed E-state index contributed by atoms with van der Waals surface area (Å²) in [5.74, 6) is 0.677. The van der Waals surface area contributed by atoms with E-state index in [1.165, 1.54) is 0 Å². The maximum Gasteiger partial charge on any atom is 0.410 e. The third-order valence-electron chi connectivity index (χ3n) is 3.75. The minimum atomic E-state index is -0.472. The Morgan fingerprint density at radius 3 is 2.57 bits per heavy atom. The van der Waals surface area contributed by atoms with E-state index in [0.29, 0.717) is 24.5 Å². The molecule has 1 aromatic carbocycles. The van der Waals surface area contributed by atoms with E-state index < -0.39 is 5.60 Å². The van der Waals surface area contributed by atoms with Gasteiger partial charge in [-0.25, -0.2) is 4.79 Å². The van der Waals surface area contributed by atoms with Crippen LogP contribution in [0.15, 0.2) is 18.2 Å². The van der Waals surface area contributed by atoms with Gasteiger partial charge in [0.25, 0.3) is 0 Å². The van der Waals surface area contributed by atoms with Gasteiger partial charge in [0, 0.05) is 26.2 Å². The monoisotopic (exact) mass is 321 g/mol. The summed E-state index contributed by atoms with van der Waals surface area (Å²) in [6.45, 7) is 8.51. The lowest BCUT2D eigenvalue weighted by molar-refractivity contribution is 0.0263. The SMILES string of the molecule is COc1cccc(N2CCCN(C(=O)OC(C)(C)C)CC2)c1N. The van der Waals surface area contributed by atoms with E-state index in [2.05, 4.69) is 4.90 Å². The summed E-state index contributed by atoms with van der Waals surface area (Å²) in [5.41, 5.74) is 7.30. The number of nitrogens with two attached hydrogens (primary N) is 1. The Morgan fingerprint density at radius 1 is 1.17 bits per heavy atom. The van der Waals surface area contributed by atoms with E-state index in [1.807, 2.05) is 39.0 Å². The number of benzene rings is 1. The third kappa shape index (κ3) is 4.43. The standard InChI is InChI=1S/C17H27N3O3/c1-17(2,3)23-16(21)20-10-6-9-19(11-12-20)13-7-5-8-14(22-4)15(13)18/h5,7-8H,6,9-12,18H2,1-4H3. The smallest absolute Gasteiger partial charge is 0.410 e. The number of anilines is 2. The quantitative estimate of drug-likeness (QED) is 0.848. The number of carbonyl (C=O) groups excluding carboxylic acids is 1. The fourth-order valence-electron chi connectivity index (χ4n) is 2.65. The summed E-state index contributed by atoms with van der Waals surface area (Å²) >= 11 is 0. The van der Waals surface area contributed by atoms with Crippen molar-refractivity contribution < 1.29 is 14.3 Å². The number of amides is 1. The molecule has 2 N–H and O–H groups in total. The van der Waals surface area contributed by atoms with Crippen molar-refractivity contribution in [2.45, 2.75) is 32.8 Å². The molecule has 2 rings (SSSR count). The van der Waals surface area contributed by atoms with E-state index in [9.17, 15) is 4.79 Å². The van der Waals surface area contributed by atoms with Gasteiger partial charge in [-0.05, 0) is 39.3 Å². The highest BCUT2D eigenvalue weighted by atomic mass is 16.6. The van der Waals surface area contributed by atoms with Crippen LogP contribution in [-0.4, -0.2) is 49.9 Å². The second kappa shape index (κ2) is 6.98. The second-order valence-electron chi connectivity index (χ2n) is 6.70. The molecule has 1 aliphatic heterocycles. The van der Waals surface area contributed by atoms with E-state index in [1.54, 1.807) is 12.0 Å². The minimum absolute atomic E-state index is 0.252. The Labute approximate surface area is 138 Å². The predicted octanol–water partition coefficient (Wildman–Crippen LogP) is 2.72. The Bertz CT molecular complexity index is 555. The van der Waals surface area contributed by atoms with Crippen molar-refractivity contribution in [3.63, 3.8) is 0 Å². The van der Waals surface area contributed by atoms with E-state index >= 15 is 0 Å². The van der Waals surface area contributed by atoms with Crippen LogP contribution in [0.2, 0.25) is 0 Å². The minimum Gasteiger partial charge on any atom is -0.495 e. The molecular formula is C17H27N3O3. The molecule has 1 aliphatic rings. The van der Waals surface area contributed by atoms with Crippen molar-refractivity contribution in [1.82, 2.24) is 4.90 Å². The van der Waals surface area contributed by atoms with Crippen molar-refractivity contribution in [3.8, 4) is 5.75 Å². The molecule has 1 fully saturated rings. The van der Waals surface area contributed by atoms with Gasteiger partial charge in [-0.15, -0.1) is 0 Å². The van der Waals surface area contributed by atoms with E-state index in [-0.39, 0.29) is 6.09 Å². The van der Waals surface area contributed by atoms with Gasteiger partial charge in [0.05, 0.1) is 18.5 Å². The number of hydrogen-bond acceptors (Lipinski definition) is 5. The molecule has 0 aliphatic carbocycles. The molecule has 1 aromatic rings. The van der Waals surface area contributed by atoms with Gasteiger partial charge < -0.3 is 25.0 Å². The summed E-state index contributed by atoms with van der Waals surface area (Å²) in [7, 11) is 1.61. The fraction of sp³-hybridized carbons (Fsp3) is 0.588. The second-order valence-corrected chi connectivity index (χ2v) is 6.70. The molecule has 128 valence electrons. The summed E-state index contributed by atoms with van der Waals surface area (Å²) in [6.07, 6.45) is 0.619. The van der Waals surface area contributed by atoms with Crippen LogP contribution >= 0.6 is 0 Å². The van der Waals surface area contributed by atoms with Crippen LogP contribution in [0, 0.1) is 0 Å². The Hall–Kier alpha value is -2.11. The van der Waals surface area contributed by atoms with Crippen molar-refractivity contribution in [3.05, 3.63) is 18.2 Å². The van der Waals surface area contributed by atoms with Gasteiger partial charge >= 0.3 is 6.09 Å². The summed E-state index contributed by atoms with van der Waals surface area (Å²) in [4.78, 5) is 16.2. The molecule has 0 atom stereocenters. The summed E-state index contributed by atoms with van der Waals surface area (Å²) in [5, 5.41) is 0. The van der Waals surface area contributed by atoms with Crippen molar-refractivity contribution >= 4 is 17.5 Å². The first-order chi connectivity index (χ1) is 10.8. The third-order valence-corrected chi connectivity index (χ3v) is 3.75. The number of hydrogen-bond donors (Lipinski definition) is 1. The zero-order valence-electron chi connectivity index (χ0n) is 14.5. The molecule has 0 aromatic heterocycles. The molecule has 0 saturated carbocycles. The predicted molar refractivity (Wildman–Crippen MR) is 92.0 cm³/mol. The van der Waals surface area contributed by atoms with Crippen LogP contribution in [-0.2, 0) is 4.74 Å². The zero-order chi connectivity index (χ0) is 17.0.